The summed E-state index contributed by atoms with van der Waals surface area (Å²) in [6.45, 7) is 2.63. The molecule has 1 saturated heterocycles. The van der Waals surface area contributed by atoms with E-state index >= 15 is 0 Å². The maximum absolute atomic E-state index is 11.4. The number of rotatable bonds is 1. The molecular formula is C5H10BO3P. The molecule has 0 N–H and O–H groups in total. The highest BCUT2D eigenvalue weighted by atomic mass is 31.2. The molecule has 0 aliphatic carbocycles. The summed E-state index contributed by atoms with van der Waals surface area (Å²) in [7, 11) is 2.48. The highest BCUT2D eigenvalue weighted by Gasteiger charge is 2.30. The molecule has 0 spiro atoms. The molecule has 1 rings (SSSR count). The predicted molar refractivity (Wildman–Crippen MR) is 39.3 cm³/mol. The second kappa shape index (κ2) is 3.08. The summed E-state index contributed by atoms with van der Waals surface area (Å²) in [4.78, 5) is 0. The molecule has 0 aromatic carbocycles. The summed E-state index contributed by atoms with van der Waals surface area (Å²) in [5.41, 5.74) is -0.507. The minimum absolute atomic E-state index is 0.499. The average molecular weight is 160 g/mol. The van der Waals surface area contributed by atoms with Crippen LogP contribution in [0, 0.1) is 0 Å². The van der Waals surface area contributed by atoms with Gasteiger partial charge in [-0.1, -0.05) is 6.92 Å². The fourth-order valence-electron chi connectivity index (χ4n) is 0.715. The maximum Gasteiger partial charge on any atom is 0.324 e. The molecule has 1 fully saturated rings. The Hall–Kier alpha value is 0.215. The molecule has 2 radical (unpaired) electrons. The quantitative estimate of drug-likeness (QED) is 0.426. The Morgan fingerprint density at radius 2 is 2.00 bits per heavy atom. The van der Waals surface area contributed by atoms with Gasteiger partial charge < -0.3 is 9.05 Å². The number of hydrogen-bond acceptors (Lipinski definition) is 3. The van der Waals surface area contributed by atoms with E-state index in [1.165, 1.54) is 0 Å². The van der Waals surface area contributed by atoms with E-state index in [4.69, 9.17) is 16.9 Å². The van der Waals surface area contributed by atoms with Gasteiger partial charge >= 0.3 is 7.60 Å². The van der Waals surface area contributed by atoms with Gasteiger partial charge in [-0.05, 0) is 6.42 Å². The van der Waals surface area contributed by atoms with Crippen LogP contribution >= 0.6 is 7.60 Å². The molecule has 56 valence electrons. The summed E-state index contributed by atoms with van der Waals surface area (Å²) in [5, 5.41) is 0. The molecule has 0 aromatic rings. The van der Waals surface area contributed by atoms with E-state index in [1.807, 2.05) is 0 Å². The first-order valence-electron chi connectivity index (χ1n) is 3.29. The minimum Gasteiger partial charge on any atom is -0.309 e. The van der Waals surface area contributed by atoms with Crippen LogP contribution in [-0.2, 0) is 13.6 Å². The second-order valence-corrected chi connectivity index (χ2v) is 4.71. The van der Waals surface area contributed by atoms with Crippen molar-refractivity contribution in [3.05, 3.63) is 0 Å². The first kappa shape index (κ1) is 8.31. The van der Waals surface area contributed by atoms with Gasteiger partial charge in [-0.2, -0.15) is 0 Å². The van der Waals surface area contributed by atoms with Gasteiger partial charge in [-0.25, -0.2) is 0 Å². The lowest BCUT2D eigenvalue weighted by molar-refractivity contribution is 0.145. The van der Waals surface area contributed by atoms with Gasteiger partial charge in [0.15, 0.2) is 0 Å². The Balaban J connectivity index is 2.57. The lowest BCUT2D eigenvalue weighted by atomic mass is 10.1. The molecule has 1 atom stereocenters. The largest absolute Gasteiger partial charge is 0.324 e. The summed E-state index contributed by atoms with van der Waals surface area (Å²) in [6.07, 6.45) is 0.802. The molecule has 0 aromatic heterocycles. The highest BCUT2D eigenvalue weighted by Crippen LogP contribution is 2.53. The van der Waals surface area contributed by atoms with Gasteiger partial charge in [-0.15, -0.1) is 0 Å². The Morgan fingerprint density at radius 1 is 1.50 bits per heavy atom. The van der Waals surface area contributed by atoms with Gasteiger partial charge in [0.05, 0.1) is 21.1 Å². The van der Waals surface area contributed by atoms with Gasteiger partial charge in [0, 0.05) is 5.56 Å². The van der Waals surface area contributed by atoms with Crippen molar-refractivity contribution < 1.29 is 13.6 Å². The van der Waals surface area contributed by atoms with Crippen LogP contribution in [0.15, 0.2) is 0 Å². The summed E-state index contributed by atoms with van der Waals surface area (Å²) >= 11 is 0. The maximum atomic E-state index is 11.4. The van der Waals surface area contributed by atoms with Crippen molar-refractivity contribution in [1.29, 1.82) is 0 Å². The zero-order valence-electron chi connectivity index (χ0n) is 5.95. The van der Waals surface area contributed by atoms with Crippen LogP contribution in [-0.4, -0.2) is 26.6 Å². The van der Waals surface area contributed by atoms with Crippen LogP contribution < -0.4 is 0 Å². The second-order valence-electron chi connectivity index (χ2n) is 2.30. The van der Waals surface area contributed by atoms with E-state index in [0.717, 1.165) is 6.42 Å². The summed E-state index contributed by atoms with van der Waals surface area (Å²) in [5.74, 6) is 0. The normalized spacial score (nSPS) is 27.7. The highest BCUT2D eigenvalue weighted by molar-refractivity contribution is 7.56. The lowest BCUT2D eigenvalue weighted by Gasteiger charge is -2.25. The van der Waals surface area contributed by atoms with E-state index in [-0.39, 0.29) is 0 Å². The molecule has 1 aliphatic heterocycles. The van der Waals surface area contributed by atoms with Crippen molar-refractivity contribution in [3.8, 4) is 0 Å². The van der Waals surface area contributed by atoms with Crippen LogP contribution in [0.4, 0.5) is 0 Å². The molecule has 5 heteroatoms. The van der Waals surface area contributed by atoms with Gasteiger partial charge in [0.25, 0.3) is 0 Å². The average Bonchev–Trinajstić information content (AvgIpc) is 1.89. The lowest BCUT2D eigenvalue weighted by Crippen LogP contribution is -2.15. The Bertz CT molecular complexity index is 149. The smallest absolute Gasteiger partial charge is 0.309 e. The molecule has 3 nitrogen and oxygen atoms in total. The minimum atomic E-state index is -2.91. The third-order valence-corrected chi connectivity index (χ3v) is 3.41. The van der Waals surface area contributed by atoms with Crippen LogP contribution in [0.1, 0.15) is 13.3 Å². The summed E-state index contributed by atoms with van der Waals surface area (Å²) in [6, 6.07) is 0. The molecule has 1 unspecified atom stereocenters. The van der Waals surface area contributed by atoms with Crippen LogP contribution in [0.5, 0.6) is 0 Å². The Labute approximate surface area is 62.0 Å². The SMILES string of the molecule is [B]C(C)P1(=O)OCCCO1. The standard InChI is InChI=1S/C5H10BO3P/c1-5(6)10(7)8-3-2-4-9-10/h5H,2-4H2,1H3. The Morgan fingerprint density at radius 3 is 2.30 bits per heavy atom. The van der Waals surface area contributed by atoms with Crippen molar-refractivity contribution in [2.24, 2.45) is 0 Å². The van der Waals surface area contributed by atoms with Crippen LogP contribution in [0.25, 0.3) is 0 Å². The molecule has 0 amide bonds. The number of hydrogen-bond donors (Lipinski definition) is 0. The van der Waals surface area contributed by atoms with Crippen LogP contribution in [0.2, 0.25) is 0 Å². The van der Waals surface area contributed by atoms with Crippen molar-refractivity contribution in [3.63, 3.8) is 0 Å². The fraction of sp³-hybridized carbons (Fsp3) is 1.00. The Kier molecular flexibility index (Phi) is 2.56. The topological polar surface area (TPSA) is 35.5 Å². The molecule has 10 heavy (non-hydrogen) atoms. The van der Waals surface area contributed by atoms with E-state index in [9.17, 15) is 4.57 Å². The molecule has 0 bridgehead atoms. The van der Waals surface area contributed by atoms with Gasteiger partial charge in [0.1, 0.15) is 0 Å². The molecule has 1 heterocycles. The summed E-state index contributed by atoms with van der Waals surface area (Å²) < 4.78 is 21.2. The van der Waals surface area contributed by atoms with Crippen LogP contribution in [0.3, 0.4) is 0 Å². The van der Waals surface area contributed by atoms with Crippen molar-refractivity contribution in [1.82, 2.24) is 0 Å². The first-order chi connectivity index (χ1) is 4.65. The molecule has 1 aliphatic rings. The van der Waals surface area contributed by atoms with Crippen molar-refractivity contribution in [2.75, 3.05) is 13.2 Å². The third-order valence-electron chi connectivity index (χ3n) is 1.33. The zero-order chi connectivity index (χ0) is 7.61. The first-order valence-corrected chi connectivity index (χ1v) is 4.91. The predicted octanol–water partition coefficient (Wildman–Crippen LogP) is 1.13. The van der Waals surface area contributed by atoms with Crippen molar-refractivity contribution >= 4 is 15.4 Å². The molecular weight excluding hydrogens is 150 g/mol. The van der Waals surface area contributed by atoms with E-state index in [0.29, 0.717) is 13.2 Å². The third kappa shape index (κ3) is 1.63. The monoisotopic (exact) mass is 160 g/mol. The van der Waals surface area contributed by atoms with E-state index in [1.54, 1.807) is 6.92 Å². The van der Waals surface area contributed by atoms with E-state index < -0.39 is 13.2 Å². The van der Waals surface area contributed by atoms with Gasteiger partial charge in [0.2, 0.25) is 0 Å². The fourth-order valence-corrected chi connectivity index (χ4v) is 2.03. The van der Waals surface area contributed by atoms with Crippen molar-refractivity contribution in [2.45, 2.75) is 18.9 Å². The van der Waals surface area contributed by atoms with Gasteiger partial charge in [-0.3, -0.25) is 4.57 Å². The molecule has 0 saturated carbocycles. The van der Waals surface area contributed by atoms with E-state index in [2.05, 4.69) is 0 Å². The zero-order valence-corrected chi connectivity index (χ0v) is 6.84.